The molecule has 1 saturated carbocycles. The van der Waals surface area contributed by atoms with Crippen LogP contribution in [0.5, 0.6) is 0 Å². The van der Waals surface area contributed by atoms with E-state index in [1.807, 2.05) is 0 Å². The molecule has 0 saturated heterocycles. The van der Waals surface area contributed by atoms with Gasteiger partial charge in [-0.3, -0.25) is 0 Å². The highest BCUT2D eigenvalue weighted by Crippen LogP contribution is 2.49. The molecule has 0 N–H and O–H groups in total. The lowest BCUT2D eigenvalue weighted by Gasteiger charge is -2.08. The van der Waals surface area contributed by atoms with Gasteiger partial charge in [0.05, 0.1) is 0 Å². The molecule has 1 aliphatic carbocycles. The maximum Gasteiger partial charge on any atom is 0.105 e. The molecule has 0 aromatic rings. The first-order valence-corrected chi connectivity index (χ1v) is 7.16. The van der Waals surface area contributed by atoms with Gasteiger partial charge in [-0.05, 0) is 24.7 Å². The van der Waals surface area contributed by atoms with Crippen LogP contribution in [0.25, 0.3) is 0 Å². The van der Waals surface area contributed by atoms with Gasteiger partial charge in [-0.2, -0.15) is 0 Å². The molecule has 0 aromatic carbocycles. The summed E-state index contributed by atoms with van der Waals surface area (Å²) in [6.07, 6.45) is 14.7. The fourth-order valence-corrected chi connectivity index (χ4v) is 2.24. The molecule has 0 aromatic heterocycles. The van der Waals surface area contributed by atoms with E-state index in [1.54, 1.807) is 0 Å². The van der Waals surface area contributed by atoms with Crippen LogP contribution >= 0.6 is 0 Å². The van der Waals surface area contributed by atoms with Crippen molar-refractivity contribution in [2.75, 3.05) is 0 Å². The standard InChI is InChI=1S/C14H29B/c1-3-13(15)9-7-5-4-6-8-10-14(2)11-12-14/h13H,3-12,15H2,1-2H3. The van der Waals surface area contributed by atoms with E-state index < -0.39 is 0 Å². The van der Waals surface area contributed by atoms with Crippen LogP contribution in [0.4, 0.5) is 0 Å². The Morgan fingerprint density at radius 3 is 2.27 bits per heavy atom. The highest BCUT2D eigenvalue weighted by molar-refractivity contribution is 6.11. The Labute approximate surface area is 97.6 Å². The molecule has 0 bridgehead atoms. The van der Waals surface area contributed by atoms with Crippen molar-refractivity contribution in [3.05, 3.63) is 0 Å². The van der Waals surface area contributed by atoms with Crippen molar-refractivity contribution in [1.82, 2.24) is 0 Å². The molecular formula is C14H29B. The van der Waals surface area contributed by atoms with Crippen molar-refractivity contribution < 1.29 is 0 Å². The Hall–Kier alpha value is 0.0649. The highest BCUT2D eigenvalue weighted by Gasteiger charge is 2.35. The molecule has 1 unspecified atom stereocenters. The molecule has 0 radical (unpaired) electrons. The minimum atomic E-state index is 0.788. The summed E-state index contributed by atoms with van der Waals surface area (Å²) in [5.41, 5.74) is 0.788. The molecule has 0 heterocycles. The number of hydrogen-bond acceptors (Lipinski definition) is 0. The zero-order chi connectivity index (χ0) is 11.1. The van der Waals surface area contributed by atoms with Crippen molar-refractivity contribution in [3.8, 4) is 0 Å². The molecule has 0 spiro atoms. The maximum absolute atomic E-state index is 2.45. The van der Waals surface area contributed by atoms with Gasteiger partial charge in [-0.1, -0.05) is 64.6 Å². The fraction of sp³-hybridized carbons (Fsp3) is 1.00. The second-order valence-electron chi connectivity index (χ2n) is 6.13. The van der Waals surface area contributed by atoms with Gasteiger partial charge >= 0.3 is 0 Å². The third-order valence-corrected chi connectivity index (χ3v) is 4.28. The number of hydrogen-bond donors (Lipinski definition) is 0. The van der Waals surface area contributed by atoms with Gasteiger partial charge in [-0.15, -0.1) is 0 Å². The third-order valence-electron chi connectivity index (χ3n) is 4.28. The van der Waals surface area contributed by atoms with Crippen molar-refractivity contribution in [2.45, 2.75) is 83.9 Å². The summed E-state index contributed by atoms with van der Waals surface area (Å²) in [6.45, 7) is 4.76. The van der Waals surface area contributed by atoms with E-state index in [1.165, 1.54) is 64.2 Å². The molecule has 0 aliphatic heterocycles. The summed E-state index contributed by atoms with van der Waals surface area (Å²) >= 11 is 0. The largest absolute Gasteiger partial charge is 0.105 e. The minimum Gasteiger partial charge on any atom is -0.0700 e. The van der Waals surface area contributed by atoms with Gasteiger partial charge in [0.15, 0.2) is 0 Å². The fourth-order valence-electron chi connectivity index (χ4n) is 2.24. The molecule has 1 heteroatoms. The van der Waals surface area contributed by atoms with Crippen LogP contribution in [0.1, 0.15) is 78.1 Å². The molecule has 1 aliphatic rings. The van der Waals surface area contributed by atoms with Crippen LogP contribution in [0.2, 0.25) is 5.82 Å². The molecule has 15 heavy (non-hydrogen) atoms. The van der Waals surface area contributed by atoms with Crippen molar-refractivity contribution in [1.29, 1.82) is 0 Å². The van der Waals surface area contributed by atoms with Crippen LogP contribution < -0.4 is 0 Å². The van der Waals surface area contributed by atoms with Crippen LogP contribution in [0.3, 0.4) is 0 Å². The minimum absolute atomic E-state index is 0.788. The first-order chi connectivity index (χ1) is 7.16. The Kier molecular flexibility index (Phi) is 5.78. The Bertz CT molecular complexity index is 161. The monoisotopic (exact) mass is 208 g/mol. The van der Waals surface area contributed by atoms with Gasteiger partial charge in [0, 0.05) is 0 Å². The quantitative estimate of drug-likeness (QED) is 0.390. The van der Waals surface area contributed by atoms with Gasteiger partial charge in [-0.25, -0.2) is 0 Å². The molecule has 88 valence electrons. The average Bonchev–Trinajstić information content (AvgIpc) is 2.95. The lowest BCUT2D eigenvalue weighted by Crippen LogP contribution is -1.93. The summed E-state index contributed by atoms with van der Waals surface area (Å²) < 4.78 is 0. The lowest BCUT2D eigenvalue weighted by atomic mass is 9.81. The topological polar surface area (TPSA) is 0 Å². The van der Waals surface area contributed by atoms with E-state index in [9.17, 15) is 0 Å². The smallest absolute Gasteiger partial charge is 0.0700 e. The molecule has 1 fully saturated rings. The maximum atomic E-state index is 2.45. The summed E-state index contributed by atoms with van der Waals surface area (Å²) in [5.74, 6) is 0.954. The Morgan fingerprint density at radius 2 is 1.67 bits per heavy atom. The second kappa shape index (κ2) is 6.61. The van der Waals surface area contributed by atoms with Gasteiger partial charge in [0.2, 0.25) is 0 Å². The normalized spacial score (nSPS) is 20.1. The van der Waals surface area contributed by atoms with Crippen molar-refractivity contribution in [2.24, 2.45) is 5.41 Å². The Balaban J connectivity index is 1.77. The van der Waals surface area contributed by atoms with Gasteiger partial charge < -0.3 is 0 Å². The second-order valence-corrected chi connectivity index (χ2v) is 6.13. The van der Waals surface area contributed by atoms with Crippen molar-refractivity contribution in [3.63, 3.8) is 0 Å². The van der Waals surface area contributed by atoms with E-state index in [-0.39, 0.29) is 0 Å². The van der Waals surface area contributed by atoms with E-state index in [2.05, 4.69) is 21.7 Å². The van der Waals surface area contributed by atoms with E-state index in [4.69, 9.17) is 0 Å². The van der Waals surface area contributed by atoms with Crippen LogP contribution in [0.15, 0.2) is 0 Å². The van der Waals surface area contributed by atoms with E-state index >= 15 is 0 Å². The zero-order valence-corrected chi connectivity index (χ0v) is 11.1. The number of unbranched alkanes of at least 4 members (excludes halogenated alkanes) is 4. The summed E-state index contributed by atoms with van der Waals surface area (Å²) in [5, 5.41) is 0. The predicted octanol–water partition coefficient (Wildman–Crippen LogP) is 4.35. The molecular weight excluding hydrogens is 179 g/mol. The van der Waals surface area contributed by atoms with Crippen LogP contribution in [-0.4, -0.2) is 7.85 Å². The highest BCUT2D eigenvalue weighted by atomic mass is 14.4. The average molecular weight is 208 g/mol. The molecule has 1 rings (SSSR count). The van der Waals surface area contributed by atoms with Crippen molar-refractivity contribution >= 4 is 7.85 Å². The Morgan fingerprint density at radius 1 is 1.07 bits per heavy atom. The number of rotatable bonds is 9. The third kappa shape index (κ3) is 6.27. The van der Waals surface area contributed by atoms with E-state index in [0.29, 0.717) is 0 Å². The lowest BCUT2D eigenvalue weighted by molar-refractivity contribution is 0.467. The molecule has 1 atom stereocenters. The zero-order valence-electron chi connectivity index (χ0n) is 11.1. The van der Waals surface area contributed by atoms with Gasteiger partial charge in [0.1, 0.15) is 7.85 Å². The SMILES string of the molecule is BC(CC)CCCCCCCC1(C)CC1. The predicted molar refractivity (Wildman–Crippen MR) is 72.2 cm³/mol. The summed E-state index contributed by atoms with van der Waals surface area (Å²) in [6, 6.07) is 0. The van der Waals surface area contributed by atoms with Crippen LogP contribution in [0, 0.1) is 5.41 Å². The first kappa shape index (κ1) is 13.1. The first-order valence-electron chi connectivity index (χ1n) is 7.16. The van der Waals surface area contributed by atoms with Crippen LogP contribution in [-0.2, 0) is 0 Å². The van der Waals surface area contributed by atoms with Gasteiger partial charge in [0.25, 0.3) is 0 Å². The summed E-state index contributed by atoms with van der Waals surface area (Å²) in [4.78, 5) is 0. The molecule has 0 amide bonds. The summed E-state index contributed by atoms with van der Waals surface area (Å²) in [7, 11) is 2.38. The molecule has 0 nitrogen and oxygen atoms in total. The van der Waals surface area contributed by atoms with E-state index in [0.717, 1.165) is 11.2 Å².